The third kappa shape index (κ3) is 5.11. The van der Waals surface area contributed by atoms with Crippen LogP contribution >= 0.6 is 0 Å². The summed E-state index contributed by atoms with van der Waals surface area (Å²) in [6.45, 7) is 6.29. The largest absolute Gasteiger partial charge is 0.492 e. The minimum Gasteiger partial charge on any atom is -0.492 e. The Hall–Kier alpha value is -3.95. The Morgan fingerprint density at radius 2 is 2.06 bits per heavy atom. The number of hydrogen-bond donors (Lipinski definition) is 2. The highest BCUT2D eigenvalue weighted by Crippen LogP contribution is 2.25. The number of aromatic nitrogens is 4. The fraction of sp³-hybridized carbons (Fsp3) is 0.400. The molecule has 3 heterocycles. The molecule has 10 nitrogen and oxygen atoms in total. The Bertz CT molecular complexity index is 1350. The molecule has 0 radical (unpaired) electrons. The normalized spacial score (nSPS) is 13.6. The SMILES string of the molecule is Cc1nn2c(O)c(C(=O)NC3CC3)c(=O)n(CC(C)C)c2c1/C=C/C(=O)N(C)Cc1ccccn1. The number of fused-ring (bicyclic) bond motifs is 1. The maximum Gasteiger partial charge on any atom is 0.270 e. The first kappa shape index (κ1) is 24.2. The number of aryl methyl sites for hydroxylation is 1. The highest BCUT2D eigenvalue weighted by atomic mass is 16.3. The Kier molecular flexibility index (Phi) is 6.72. The van der Waals surface area contributed by atoms with Crippen LogP contribution in [-0.2, 0) is 17.9 Å². The van der Waals surface area contributed by atoms with E-state index in [1.807, 2.05) is 32.0 Å². The second-order valence-corrected chi connectivity index (χ2v) is 9.34. The highest BCUT2D eigenvalue weighted by molar-refractivity contribution is 5.97. The summed E-state index contributed by atoms with van der Waals surface area (Å²) in [7, 11) is 1.68. The van der Waals surface area contributed by atoms with Crippen molar-refractivity contribution in [2.75, 3.05) is 7.05 Å². The number of carbonyl (C=O) groups is 2. The van der Waals surface area contributed by atoms with E-state index in [0.29, 0.717) is 30.0 Å². The molecule has 0 spiro atoms. The van der Waals surface area contributed by atoms with Crippen LogP contribution in [0.25, 0.3) is 11.7 Å². The van der Waals surface area contributed by atoms with Crippen LogP contribution < -0.4 is 10.9 Å². The van der Waals surface area contributed by atoms with Gasteiger partial charge in [0, 0.05) is 37.5 Å². The molecule has 0 atom stereocenters. The third-order valence-corrected chi connectivity index (χ3v) is 5.80. The van der Waals surface area contributed by atoms with Gasteiger partial charge in [0.15, 0.2) is 5.56 Å². The van der Waals surface area contributed by atoms with Gasteiger partial charge in [-0.1, -0.05) is 19.9 Å². The summed E-state index contributed by atoms with van der Waals surface area (Å²) >= 11 is 0. The van der Waals surface area contributed by atoms with Crippen LogP contribution in [0.5, 0.6) is 5.88 Å². The average molecular weight is 479 g/mol. The Morgan fingerprint density at radius 3 is 2.69 bits per heavy atom. The molecule has 0 unspecified atom stereocenters. The Balaban J connectivity index is 1.74. The first-order valence-electron chi connectivity index (χ1n) is 11.7. The predicted octanol–water partition coefficient (Wildman–Crippen LogP) is 2.13. The molecule has 2 N–H and O–H groups in total. The maximum absolute atomic E-state index is 13.4. The quantitative estimate of drug-likeness (QED) is 0.479. The van der Waals surface area contributed by atoms with Gasteiger partial charge in [-0.05, 0) is 43.9 Å². The summed E-state index contributed by atoms with van der Waals surface area (Å²) in [5, 5.41) is 18.0. The predicted molar refractivity (Wildman–Crippen MR) is 131 cm³/mol. The minimum atomic E-state index is -0.606. The third-order valence-electron chi connectivity index (χ3n) is 5.80. The Labute approximate surface area is 202 Å². The standard InChI is InChI=1S/C25H30N6O4/c1-15(2)13-30-23-19(10-11-20(32)29(4)14-18-7-5-6-12-26-18)16(3)28-31(23)25(35)21(24(30)34)22(33)27-17-8-9-17/h5-7,10-12,15,17,35H,8-9,13-14H2,1-4H3,(H,27,33)/b11-10+. The average Bonchev–Trinajstić information content (AvgIpc) is 3.56. The van der Waals surface area contributed by atoms with Crippen molar-refractivity contribution >= 4 is 23.5 Å². The van der Waals surface area contributed by atoms with Gasteiger partial charge >= 0.3 is 0 Å². The zero-order valence-corrected chi connectivity index (χ0v) is 20.4. The van der Waals surface area contributed by atoms with Gasteiger partial charge in [0.25, 0.3) is 11.5 Å². The van der Waals surface area contributed by atoms with Crippen LogP contribution in [-0.4, -0.2) is 54.1 Å². The number of aromatic hydroxyl groups is 1. The first-order chi connectivity index (χ1) is 16.7. The summed E-state index contributed by atoms with van der Waals surface area (Å²) in [5.74, 6) is -1.29. The highest BCUT2D eigenvalue weighted by Gasteiger charge is 2.30. The summed E-state index contributed by atoms with van der Waals surface area (Å²) in [6.07, 6.45) is 6.38. The van der Waals surface area contributed by atoms with Crippen LogP contribution in [0.1, 0.15) is 54.0 Å². The number of nitrogens with zero attached hydrogens (tertiary/aromatic N) is 5. The van der Waals surface area contributed by atoms with Gasteiger partial charge in [-0.3, -0.25) is 23.9 Å². The molecule has 2 amide bonds. The van der Waals surface area contributed by atoms with Crippen LogP contribution in [0.4, 0.5) is 0 Å². The molecule has 3 aromatic heterocycles. The van der Waals surface area contributed by atoms with E-state index in [1.165, 1.54) is 20.1 Å². The van der Waals surface area contributed by atoms with Crippen molar-refractivity contribution in [1.29, 1.82) is 0 Å². The molecule has 1 aliphatic carbocycles. The van der Waals surface area contributed by atoms with Crippen molar-refractivity contribution in [2.24, 2.45) is 5.92 Å². The van der Waals surface area contributed by atoms with Gasteiger partial charge in [-0.15, -0.1) is 0 Å². The number of pyridine rings is 1. The Morgan fingerprint density at radius 1 is 1.31 bits per heavy atom. The molecule has 0 saturated heterocycles. The monoisotopic (exact) mass is 478 g/mol. The summed E-state index contributed by atoms with van der Waals surface area (Å²) < 4.78 is 2.66. The fourth-order valence-electron chi connectivity index (χ4n) is 3.88. The number of nitrogens with one attached hydrogen (secondary N) is 1. The van der Waals surface area contributed by atoms with Crippen LogP contribution in [0.2, 0.25) is 0 Å². The molecule has 10 heteroatoms. The summed E-state index contributed by atoms with van der Waals surface area (Å²) in [4.78, 5) is 44.7. The van der Waals surface area contributed by atoms with Gasteiger partial charge in [0.1, 0.15) is 5.65 Å². The molecule has 1 fully saturated rings. The zero-order valence-electron chi connectivity index (χ0n) is 20.4. The van der Waals surface area contributed by atoms with Crippen molar-refractivity contribution < 1.29 is 14.7 Å². The summed E-state index contributed by atoms with van der Waals surface area (Å²) in [6, 6.07) is 5.54. The molecule has 35 heavy (non-hydrogen) atoms. The van der Waals surface area contributed by atoms with E-state index in [2.05, 4.69) is 15.4 Å². The van der Waals surface area contributed by atoms with Crippen LogP contribution in [0, 0.1) is 12.8 Å². The van der Waals surface area contributed by atoms with E-state index in [0.717, 1.165) is 18.5 Å². The van der Waals surface area contributed by atoms with Crippen molar-refractivity contribution in [1.82, 2.24) is 29.4 Å². The van der Waals surface area contributed by atoms with E-state index in [9.17, 15) is 19.5 Å². The van der Waals surface area contributed by atoms with E-state index in [1.54, 1.807) is 26.2 Å². The van der Waals surface area contributed by atoms with Gasteiger partial charge in [-0.2, -0.15) is 9.61 Å². The first-order valence-corrected chi connectivity index (χ1v) is 11.7. The van der Waals surface area contributed by atoms with Crippen molar-refractivity contribution in [3.8, 4) is 5.88 Å². The lowest BCUT2D eigenvalue weighted by molar-refractivity contribution is -0.125. The molecule has 4 rings (SSSR count). The van der Waals surface area contributed by atoms with Gasteiger partial charge in [-0.25, -0.2) is 0 Å². The fourth-order valence-corrected chi connectivity index (χ4v) is 3.88. The van der Waals surface area contributed by atoms with Crippen molar-refractivity contribution in [3.05, 3.63) is 63.3 Å². The van der Waals surface area contributed by atoms with E-state index in [-0.39, 0.29) is 23.4 Å². The number of rotatable bonds is 8. The van der Waals surface area contributed by atoms with Gasteiger partial charge < -0.3 is 15.3 Å². The lowest BCUT2D eigenvalue weighted by Gasteiger charge is -2.16. The van der Waals surface area contributed by atoms with Crippen LogP contribution in [0.3, 0.4) is 0 Å². The second-order valence-electron chi connectivity index (χ2n) is 9.34. The molecule has 1 saturated carbocycles. The molecular formula is C25H30N6O4. The molecule has 3 aromatic rings. The zero-order chi connectivity index (χ0) is 25.3. The van der Waals surface area contributed by atoms with Gasteiger partial charge in [0.2, 0.25) is 11.8 Å². The molecule has 184 valence electrons. The van der Waals surface area contributed by atoms with Crippen molar-refractivity contribution in [3.63, 3.8) is 0 Å². The maximum atomic E-state index is 13.4. The minimum absolute atomic E-state index is 0.0301. The molecule has 0 bridgehead atoms. The van der Waals surface area contributed by atoms with E-state index in [4.69, 9.17) is 0 Å². The van der Waals surface area contributed by atoms with E-state index < -0.39 is 17.3 Å². The smallest absolute Gasteiger partial charge is 0.270 e. The van der Waals surface area contributed by atoms with Crippen LogP contribution in [0.15, 0.2) is 35.3 Å². The number of hydrogen-bond acceptors (Lipinski definition) is 6. The number of carbonyl (C=O) groups excluding carboxylic acids is 2. The summed E-state index contributed by atoms with van der Waals surface area (Å²) in [5.41, 5.74) is 1.21. The number of amides is 2. The molecule has 0 aromatic carbocycles. The lowest BCUT2D eigenvalue weighted by Crippen LogP contribution is -2.36. The molecular weight excluding hydrogens is 448 g/mol. The number of likely N-dealkylation sites (N-methyl/N-ethyl adjacent to an activating group) is 1. The van der Waals surface area contributed by atoms with Crippen molar-refractivity contribution in [2.45, 2.75) is 52.7 Å². The topological polar surface area (TPSA) is 122 Å². The van der Waals surface area contributed by atoms with E-state index >= 15 is 0 Å². The lowest BCUT2D eigenvalue weighted by atomic mass is 10.1. The molecule has 1 aliphatic rings. The molecule has 0 aliphatic heterocycles. The second kappa shape index (κ2) is 9.73. The van der Waals surface area contributed by atoms with Gasteiger partial charge in [0.05, 0.1) is 17.9 Å².